The molecule has 1 rings (SSSR count). The van der Waals surface area contributed by atoms with Gasteiger partial charge >= 0.3 is 0 Å². The lowest BCUT2D eigenvalue weighted by Gasteiger charge is -2.25. The van der Waals surface area contributed by atoms with E-state index in [0.29, 0.717) is 10.9 Å². The molecule has 0 saturated heterocycles. The van der Waals surface area contributed by atoms with Crippen molar-refractivity contribution < 1.29 is 13.2 Å². The van der Waals surface area contributed by atoms with E-state index >= 15 is 0 Å². The molecule has 0 bridgehead atoms. The van der Waals surface area contributed by atoms with Crippen LogP contribution in [0.4, 0.5) is 0 Å². The van der Waals surface area contributed by atoms with Crippen molar-refractivity contribution in [1.29, 1.82) is 0 Å². The molecule has 0 heterocycles. The number of benzene rings is 1. The molecule has 1 aromatic carbocycles. The van der Waals surface area contributed by atoms with Gasteiger partial charge in [-0.1, -0.05) is 18.5 Å². The molecule has 112 valence electrons. The lowest BCUT2D eigenvalue weighted by Crippen LogP contribution is -2.42. The minimum atomic E-state index is -3.94. The summed E-state index contributed by atoms with van der Waals surface area (Å²) in [7, 11) is 1.35. The number of hydrogen-bond donors (Lipinski definition) is 1. The Bertz CT molecular complexity index is 644. The summed E-state index contributed by atoms with van der Waals surface area (Å²) in [5.74, 6) is -0.454. The van der Waals surface area contributed by atoms with Crippen LogP contribution in [-0.2, 0) is 9.05 Å². The molecule has 0 fully saturated rings. The summed E-state index contributed by atoms with van der Waals surface area (Å²) in [5.41, 5.74) is -0.371. The van der Waals surface area contributed by atoms with E-state index in [-0.39, 0.29) is 15.5 Å². The van der Waals surface area contributed by atoms with E-state index in [1.807, 2.05) is 20.8 Å². The Hall–Kier alpha value is -0.300. The zero-order chi connectivity index (χ0) is 15.7. The van der Waals surface area contributed by atoms with Crippen LogP contribution in [0.5, 0.6) is 0 Å². The fourth-order valence-electron chi connectivity index (χ4n) is 1.33. The van der Waals surface area contributed by atoms with Crippen molar-refractivity contribution in [3.05, 3.63) is 27.2 Å². The molecular formula is C12H14BrCl2NO3S. The van der Waals surface area contributed by atoms with Gasteiger partial charge in [0.1, 0.15) is 0 Å². The molecule has 0 saturated carbocycles. The lowest BCUT2D eigenvalue weighted by molar-refractivity contribution is 0.0911. The van der Waals surface area contributed by atoms with Crippen LogP contribution in [0.1, 0.15) is 37.6 Å². The number of hydrogen-bond acceptors (Lipinski definition) is 3. The van der Waals surface area contributed by atoms with Gasteiger partial charge in [-0.3, -0.25) is 4.79 Å². The van der Waals surface area contributed by atoms with E-state index in [0.717, 1.165) is 6.07 Å². The predicted octanol–water partition coefficient (Wildman–Crippen LogP) is 3.95. The smallest absolute Gasteiger partial charge is 0.261 e. The highest BCUT2D eigenvalue weighted by molar-refractivity contribution is 9.10. The normalized spacial score (nSPS) is 12.3. The van der Waals surface area contributed by atoms with E-state index in [2.05, 4.69) is 21.2 Å². The average molecular weight is 403 g/mol. The third-order valence-corrected chi connectivity index (χ3v) is 5.46. The number of carbonyl (C=O) groups excluding carboxylic acids is 1. The van der Waals surface area contributed by atoms with E-state index in [9.17, 15) is 13.2 Å². The molecular weight excluding hydrogens is 389 g/mol. The van der Waals surface area contributed by atoms with Gasteiger partial charge in [0.2, 0.25) is 0 Å². The van der Waals surface area contributed by atoms with E-state index < -0.39 is 20.5 Å². The second kappa shape index (κ2) is 6.22. The Balaban J connectivity index is 3.31. The lowest BCUT2D eigenvalue weighted by atomic mass is 10.0. The van der Waals surface area contributed by atoms with Crippen molar-refractivity contribution in [3.8, 4) is 0 Å². The number of carbonyl (C=O) groups is 1. The SMILES string of the molecule is CCC(C)(C)NC(=O)c1cc(S(=O)(=O)Cl)cc(Br)c1Cl. The molecule has 0 aromatic heterocycles. The monoisotopic (exact) mass is 401 g/mol. The summed E-state index contributed by atoms with van der Waals surface area (Å²) in [6.07, 6.45) is 0.713. The van der Waals surface area contributed by atoms with Crippen molar-refractivity contribution in [2.24, 2.45) is 0 Å². The summed E-state index contributed by atoms with van der Waals surface area (Å²) in [4.78, 5) is 12.0. The first-order chi connectivity index (χ1) is 8.98. The quantitative estimate of drug-likeness (QED) is 0.775. The standard InChI is InChI=1S/C12H14BrCl2NO3S/c1-4-12(2,3)16-11(17)8-5-7(20(15,18)19)6-9(13)10(8)14/h5-6H,4H2,1-3H3,(H,16,17). The van der Waals surface area contributed by atoms with E-state index in [1.54, 1.807) is 0 Å². The Morgan fingerprint density at radius 1 is 1.40 bits per heavy atom. The molecule has 1 amide bonds. The van der Waals surface area contributed by atoms with Crippen LogP contribution in [0, 0.1) is 0 Å². The van der Waals surface area contributed by atoms with Crippen LogP contribution in [0.15, 0.2) is 21.5 Å². The summed E-state index contributed by atoms with van der Waals surface area (Å²) >= 11 is 9.16. The molecule has 0 radical (unpaired) electrons. The van der Waals surface area contributed by atoms with Gasteiger partial charge in [0.15, 0.2) is 0 Å². The second-order valence-corrected chi connectivity index (χ2v) is 8.69. The fraction of sp³-hybridized carbons (Fsp3) is 0.417. The van der Waals surface area contributed by atoms with Crippen molar-refractivity contribution in [2.45, 2.75) is 37.6 Å². The molecule has 4 nitrogen and oxygen atoms in total. The third-order valence-electron chi connectivity index (χ3n) is 2.86. The van der Waals surface area contributed by atoms with Gasteiger partial charge in [0.25, 0.3) is 15.0 Å². The highest BCUT2D eigenvalue weighted by atomic mass is 79.9. The number of amides is 1. The van der Waals surface area contributed by atoms with Crippen molar-refractivity contribution in [3.63, 3.8) is 0 Å². The molecule has 0 aliphatic rings. The summed E-state index contributed by atoms with van der Waals surface area (Å²) in [6, 6.07) is 2.42. The van der Waals surface area contributed by atoms with Crippen molar-refractivity contribution in [1.82, 2.24) is 5.32 Å². The first-order valence-corrected chi connectivity index (χ1v) is 9.22. The summed E-state index contributed by atoms with van der Waals surface area (Å²) in [6.45, 7) is 5.64. The van der Waals surface area contributed by atoms with Gasteiger partial charge in [-0.2, -0.15) is 0 Å². The molecule has 1 aromatic rings. The van der Waals surface area contributed by atoms with Crippen LogP contribution in [0.25, 0.3) is 0 Å². The third kappa shape index (κ3) is 4.35. The first-order valence-electron chi connectivity index (χ1n) is 5.74. The molecule has 0 unspecified atom stereocenters. The van der Waals surface area contributed by atoms with Crippen LogP contribution in [0.2, 0.25) is 5.02 Å². The molecule has 0 spiro atoms. The molecule has 0 aliphatic carbocycles. The number of nitrogens with one attached hydrogen (secondary N) is 1. The van der Waals surface area contributed by atoms with Gasteiger partial charge in [-0.05, 0) is 48.3 Å². The molecule has 8 heteroatoms. The Morgan fingerprint density at radius 2 is 1.95 bits per heavy atom. The largest absolute Gasteiger partial charge is 0.347 e. The van der Waals surface area contributed by atoms with Crippen LogP contribution in [-0.4, -0.2) is 19.9 Å². The minimum absolute atomic E-state index is 0.0572. The minimum Gasteiger partial charge on any atom is -0.347 e. The fourth-order valence-corrected chi connectivity index (χ4v) is 2.92. The second-order valence-electron chi connectivity index (χ2n) is 4.90. The topological polar surface area (TPSA) is 63.2 Å². The highest BCUT2D eigenvalue weighted by Gasteiger charge is 2.23. The van der Waals surface area contributed by atoms with Gasteiger partial charge in [0.05, 0.1) is 15.5 Å². The van der Waals surface area contributed by atoms with Gasteiger partial charge in [-0.25, -0.2) is 8.42 Å². The van der Waals surface area contributed by atoms with Crippen molar-refractivity contribution >= 4 is 53.2 Å². The van der Waals surface area contributed by atoms with E-state index in [1.165, 1.54) is 6.07 Å². The average Bonchev–Trinajstić information content (AvgIpc) is 2.30. The maximum Gasteiger partial charge on any atom is 0.261 e. The van der Waals surface area contributed by atoms with Gasteiger partial charge in [-0.15, -0.1) is 0 Å². The van der Waals surface area contributed by atoms with Crippen molar-refractivity contribution in [2.75, 3.05) is 0 Å². The molecule has 0 aliphatic heterocycles. The van der Waals surface area contributed by atoms with Crippen LogP contribution >= 0.6 is 38.2 Å². The Labute approximate surface area is 136 Å². The van der Waals surface area contributed by atoms with Crippen LogP contribution < -0.4 is 5.32 Å². The number of rotatable bonds is 4. The zero-order valence-electron chi connectivity index (χ0n) is 11.1. The zero-order valence-corrected chi connectivity index (χ0v) is 15.0. The molecule has 1 N–H and O–H groups in total. The Morgan fingerprint density at radius 3 is 2.40 bits per heavy atom. The van der Waals surface area contributed by atoms with Gasteiger partial charge in [0, 0.05) is 20.7 Å². The van der Waals surface area contributed by atoms with Gasteiger partial charge < -0.3 is 5.32 Å². The molecule has 0 atom stereocenters. The molecule has 20 heavy (non-hydrogen) atoms. The summed E-state index contributed by atoms with van der Waals surface area (Å²) < 4.78 is 23.1. The maximum absolute atomic E-state index is 12.2. The predicted molar refractivity (Wildman–Crippen MR) is 84.0 cm³/mol. The van der Waals surface area contributed by atoms with E-state index in [4.69, 9.17) is 22.3 Å². The highest BCUT2D eigenvalue weighted by Crippen LogP contribution is 2.31. The first kappa shape index (κ1) is 17.8. The van der Waals surface area contributed by atoms with Crippen LogP contribution in [0.3, 0.4) is 0 Å². The maximum atomic E-state index is 12.2. The number of halogens is 3. The Kier molecular flexibility index (Phi) is 5.52. The summed E-state index contributed by atoms with van der Waals surface area (Å²) in [5, 5.41) is 2.92.